The predicted molar refractivity (Wildman–Crippen MR) is 132 cm³/mol. The molecule has 9 nitrogen and oxygen atoms in total. The number of rotatable bonds is 7. The number of ether oxygens (including phenoxy) is 3. The number of nitrogens with one attached hydrogen (secondary N) is 1. The van der Waals surface area contributed by atoms with Crippen LogP contribution >= 0.6 is 0 Å². The molecule has 0 aliphatic carbocycles. The number of halogens is 4. The van der Waals surface area contributed by atoms with Crippen molar-refractivity contribution in [3.8, 4) is 11.5 Å². The van der Waals surface area contributed by atoms with Crippen molar-refractivity contribution in [3.63, 3.8) is 0 Å². The summed E-state index contributed by atoms with van der Waals surface area (Å²) >= 11 is 0. The van der Waals surface area contributed by atoms with Gasteiger partial charge in [-0.3, -0.25) is 4.79 Å². The molecule has 1 fully saturated rings. The smallest absolute Gasteiger partial charge is 0.419 e. The van der Waals surface area contributed by atoms with Crippen LogP contribution in [0.2, 0.25) is 0 Å². The number of likely N-dealkylation sites (N-methyl/N-ethyl adjacent to an activating group) is 1. The minimum absolute atomic E-state index is 0.0466. The molecule has 0 unspecified atom stereocenters. The van der Waals surface area contributed by atoms with E-state index < -0.39 is 23.6 Å². The van der Waals surface area contributed by atoms with Gasteiger partial charge in [-0.15, -0.1) is 0 Å². The summed E-state index contributed by atoms with van der Waals surface area (Å²) in [5, 5.41) is 3.46. The fourth-order valence-electron chi connectivity index (χ4n) is 4.15. The molecule has 0 saturated carbocycles. The Morgan fingerprint density at radius 2 is 1.97 bits per heavy atom. The number of alkyl halides is 3. The molecular formula is C25H27F4N5O4. The van der Waals surface area contributed by atoms with E-state index in [0.717, 1.165) is 6.07 Å². The van der Waals surface area contributed by atoms with E-state index in [-0.39, 0.29) is 42.3 Å². The van der Waals surface area contributed by atoms with Crippen molar-refractivity contribution in [1.29, 1.82) is 0 Å². The normalized spacial score (nSPS) is 17.0. The van der Waals surface area contributed by atoms with Gasteiger partial charge < -0.3 is 30.2 Å². The molecule has 38 heavy (non-hydrogen) atoms. The first kappa shape index (κ1) is 27.2. The number of aromatic nitrogens is 2. The zero-order valence-corrected chi connectivity index (χ0v) is 21.1. The van der Waals surface area contributed by atoms with Crippen molar-refractivity contribution >= 4 is 28.3 Å². The lowest BCUT2D eigenvalue weighted by Gasteiger charge is -2.29. The minimum Gasteiger partial charge on any atom is -0.493 e. The van der Waals surface area contributed by atoms with Crippen LogP contribution in [0.4, 0.5) is 29.1 Å². The Labute approximate surface area is 215 Å². The van der Waals surface area contributed by atoms with Crippen molar-refractivity contribution < 1.29 is 36.6 Å². The minimum atomic E-state index is -4.90. The van der Waals surface area contributed by atoms with Crippen molar-refractivity contribution in [1.82, 2.24) is 14.9 Å². The predicted octanol–water partition coefficient (Wildman–Crippen LogP) is 4.10. The average molecular weight is 538 g/mol. The van der Waals surface area contributed by atoms with Crippen LogP contribution in [-0.2, 0) is 15.7 Å². The van der Waals surface area contributed by atoms with Crippen LogP contribution < -0.4 is 20.5 Å². The zero-order valence-electron chi connectivity index (χ0n) is 21.1. The first-order chi connectivity index (χ1) is 17.9. The number of hydrogen-bond donors (Lipinski definition) is 2. The quantitative estimate of drug-likeness (QED) is 0.342. The average Bonchev–Trinajstić information content (AvgIpc) is 2.84. The lowest BCUT2D eigenvalue weighted by Crippen LogP contribution is -2.46. The third-order valence-corrected chi connectivity index (χ3v) is 6.11. The molecule has 0 spiro atoms. The molecule has 0 bridgehead atoms. The number of aryl methyl sites for hydroxylation is 1. The van der Waals surface area contributed by atoms with Crippen LogP contribution in [0, 0.1) is 12.7 Å². The van der Waals surface area contributed by atoms with Gasteiger partial charge >= 0.3 is 6.18 Å². The van der Waals surface area contributed by atoms with E-state index in [4.69, 9.17) is 19.9 Å². The van der Waals surface area contributed by atoms with Crippen molar-refractivity contribution in [2.75, 3.05) is 45.0 Å². The third kappa shape index (κ3) is 5.67. The largest absolute Gasteiger partial charge is 0.493 e. The number of methoxy groups -OCH3 is 1. The Kier molecular flexibility index (Phi) is 7.49. The molecule has 13 heteroatoms. The van der Waals surface area contributed by atoms with E-state index in [1.807, 2.05) is 0 Å². The molecule has 2 atom stereocenters. The maximum absolute atomic E-state index is 14.9. The Balaban J connectivity index is 1.67. The summed E-state index contributed by atoms with van der Waals surface area (Å²) in [5.74, 6) is -0.200. The molecule has 1 aliphatic rings. The number of hydrogen-bond acceptors (Lipinski definition) is 8. The fraction of sp³-hybridized carbons (Fsp3) is 0.400. The monoisotopic (exact) mass is 537 g/mol. The summed E-state index contributed by atoms with van der Waals surface area (Å²) in [6, 6.07) is 4.04. The lowest BCUT2D eigenvalue weighted by molar-refractivity contribution is -0.148. The molecule has 1 saturated heterocycles. The standard InChI is InChI=1S/C25H27F4N5O4/c1-12(16-5-14(30)6-18(23(16)26)25(27,28)29)31-24-17-7-21(20(36-4)8-19(17)32-13(2)33-24)38-10-15-9-34(3)22(35)11-37-15/h5-8,12,15H,9-11,30H2,1-4H3,(H,31,32,33)/t12-,15-/m1/s1. The lowest BCUT2D eigenvalue weighted by atomic mass is 10.0. The maximum Gasteiger partial charge on any atom is 0.419 e. The second kappa shape index (κ2) is 10.5. The van der Waals surface area contributed by atoms with Gasteiger partial charge in [0, 0.05) is 36.3 Å². The molecule has 3 N–H and O–H groups in total. The summed E-state index contributed by atoms with van der Waals surface area (Å²) < 4.78 is 71.8. The van der Waals surface area contributed by atoms with Gasteiger partial charge in [0.1, 0.15) is 36.8 Å². The van der Waals surface area contributed by atoms with Crippen LogP contribution in [0.25, 0.3) is 10.9 Å². The van der Waals surface area contributed by atoms with Crippen LogP contribution in [0.5, 0.6) is 11.5 Å². The molecule has 1 aliphatic heterocycles. The molecule has 3 aromatic rings. The number of fused-ring (bicyclic) bond motifs is 1. The molecule has 204 valence electrons. The zero-order chi connectivity index (χ0) is 27.8. The summed E-state index contributed by atoms with van der Waals surface area (Å²) in [6.07, 6.45) is -5.27. The summed E-state index contributed by atoms with van der Waals surface area (Å²) in [7, 11) is 3.14. The van der Waals surface area contributed by atoms with Gasteiger partial charge in [-0.1, -0.05) is 0 Å². The molecule has 2 heterocycles. The maximum atomic E-state index is 14.9. The molecule has 1 aromatic heterocycles. The molecule has 0 radical (unpaired) electrons. The van der Waals surface area contributed by atoms with Crippen LogP contribution in [-0.4, -0.2) is 60.8 Å². The summed E-state index contributed by atoms with van der Waals surface area (Å²) in [6.45, 7) is 3.58. The highest BCUT2D eigenvalue weighted by molar-refractivity contribution is 5.92. The van der Waals surface area contributed by atoms with Crippen LogP contribution in [0.15, 0.2) is 24.3 Å². The summed E-state index contributed by atoms with van der Waals surface area (Å²) in [4.78, 5) is 22.0. The van der Waals surface area contributed by atoms with Gasteiger partial charge in [-0.05, 0) is 32.0 Å². The fourth-order valence-corrected chi connectivity index (χ4v) is 4.15. The topological polar surface area (TPSA) is 112 Å². The van der Waals surface area contributed by atoms with E-state index in [0.29, 0.717) is 40.8 Å². The van der Waals surface area contributed by atoms with Gasteiger partial charge in [0.2, 0.25) is 5.91 Å². The third-order valence-electron chi connectivity index (χ3n) is 6.11. The number of anilines is 2. The second-order valence-corrected chi connectivity index (χ2v) is 8.99. The number of amides is 1. The molecule has 4 rings (SSSR count). The van der Waals surface area contributed by atoms with Crippen molar-refractivity contribution in [2.24, 2.45) is 0 Å². The highest BCUT2D eigenvalue weighted by atomic mass is 19.4. The van der Waals surface area contributed by atoms with Gasteiger partial charge in [-0.25, -0.2) is 14.4 Å². The highest BCUT2D eigenvalue weighted by Crippen LogP contribution is 2.38. The van der Waals surface area contributed by atoms with Gasteiger partial charge in [0.25, 0.3) is 0 Å². The van der Waals surface area contributed by atoms with E-state index in [1.165, 1.54) is 14.0 Å². The Morgan fingerprint density at radius 1 is 1.24 bits per heavy atom. The van der Waals surface area contributed by atoms with Gasteiger partial charge in [0.05, 0.1) is 24.2 Å². The number of nitrogen functional groups attached to an aromatic ring is 1. The number of carbonyl (C=O) groups is 1. The number of benzene rings is 2. The van der Waals surface area contributed by atoms with Crippen LogP contribution in [0.3, 0.4) is 0 Å². The molecule has 2 aromatic carbocycles. The Morgan fingerprint density at radius 3 is 2.63 bits per heavy atom. The van der Waals surface area contributed by atoms with Gasteiger partial charge in [0.15, 0.2) is 11.5 Å². The van der Waals surface area contributed by atoms with E-state index in [9.17, 15) is 22.4 Å². The second-order valence-electron chi connectivity index (χ2n) is 8.99. The number of carbonyl (C=O) groups excluding carboxylic acids is 1. The van der Waals surface area contributed by atoms with Gasteiger partial charge in [-0.2, -0.15) is 13.2 Å². The first-order valence-corrected chi connectivity index (χ1v) is 11.6. The SMILES string of the molecule is COc1cc2nc(C)nc(N[C@H](C)c3cc(N)cc(C(F)(F)F)c3F)c2cc1OC[C@H]1CN(C)C(=O)CO1. The first-order valence-electron chi connectivity index (χ1n) is 11.6. The van der Waals surface area contributed by atoms with E-state index in [2.05, 4.69) is 15.3 Å². The van der Waals surface area contributed by atoms with E-state index >= 15 is 0 Å². The van der Waals surface area contributed by atoms with Crippen molar-refractivity contribution in [2.45, 2.75) is 32.2 Å². The number of nitrogens with two attached hydrogens (primary N) is 1. The molecular weight excluding hydrogens is 510 g/mol. The molecule has 1 amide bonds. The van der Waals surface area contributed by atoms with Crippen LogP contribution in [0.1, 0.15) is 29.9 Å². The Bertz CT molecular complexity index is 1370. The Hall–Kier alpha value is -3.87. The highest BCUT2D eigenvalue weighted by Gasteiger charge is 2.36. The van der Waals surface area contributed by atoms with Crippen molar-refractivity contribution in [3.05, 3.63) is 47.0 Å². The number of nitrogens with zero attached hydrogens (tertiary/aromatic N) is 3. The number of morpholine rings is 1. The van der Waals surface area contributed by atoms with E-state index in [1.54, 1.807) is 31.0 Å². The summed E-state index contributed by atoms with van der Waals surface area (Å²) in [5.41, 5.74) is 4.20.